The highest BCUT2D eigenvalue weighted by molar-refractivity contribution is 5.88. The minimum Gasteiger partial charge on any atom is -0.409 e. The summed E-state index contributed by atoms with van der Waals surface area (Å²) in [6.07, 6.45) is 0. The summed E-state index contributed by atoms with van der Waals surface area (Å²) in [6.45, 7) is 11.3. The summed E-state index contributed by atoms with van der Waals surface area (Å²) < 4.78 is 0. The van der Waals surface area contributed by atoms with E-state index in [1.807, 2.05) is 13.8 Å². The fourth-order valence-electron chi connectivity index (χ4n) is 1.91. The second-order valence-electron chi connectivity index (χ2n) is 4.47. The quantitative estimate of drug-likeness (QED) is 0.304. The first-order valence-corrected chi connectivity index (χ1v) is 5.47. The van der Waals surface area contributed by atoms with Crippen LogP contribution in [0.5, 0.6) is 0 Å². The van der Waals surface area contributed by atoms with E-state index in [2.05, 4.69) is 21.9 Å². The first-order chi connectivity index (χ1) is 7.02. The average molecular weight is 214 g/mol. The lowest BCUT2D eigenvalue weighted by Gasteiger charge is -2.42. The van der Waals surface area contributed by atoms with Crippen molar-refractivity contribution in [1.29, 1.82) is 0 Å². The lowest BCUT2D eigenvalue weighted by atomic mass is 10.0. The molecule has 0 aromatic rings. The van der Waals surface area contributed by atoms with Crippen molar-refractivity contribution in [1.82, 2.24) is 9.80 Å². The fourth-order valence-corrected chi connectivity index (χ4v) is 1.91. The van der Waals surface area contributed by atoms with E-state index in [1.54, 1.807) is 0 Å². The fraction of sp³-hybridized carbons (Fsp3) is 0.900. The Morgan fingerprint density at radius 3 is 2.27 bits per heavy atom. The van der Waals surface area contributed by atoms with Gasteiger partial charge in [0.05, 0.1) is 5.54 Å². The number of likely N-dealkylation sites (N-methyl/N-ethyl adjacent to an activating group) is 1. The van der Waals surface area contributed by atoms with Gasteiger partial charge in [-0.05, 0) is 20.4 Å². The van der Waals surface area contributed by atoms with Crippen LogP contribution in [-0.4, -0.2) is 59.1 Å². The van der Waals surface area contributed by atoms with Gasteiger partial charge in [0, 0.05) is 26.2 Å². The highest BCUT2D eigenvalue weighted by Gasteiger charge is 2.33. The Labute approximate surface area is 91.5 Å². The number of rotatable bonds is 3. The summed E-state index contributed by atoms with van der Waals surface area (Å²) >= 11 is 0. The van der Waals surface area contributed by atoms with Crippen molar-refractivity contribution in [2.24, 2.45) is 10.9 Å². The molecule has 1 aliphatic heterocycles. The van der Waals surface area contributed by atoms with Gasteiger partial charge in [-0.2, -0.15) is 0 Å². The van der Waals surface area contributed by atoms with Gasteiger partial charge in [-0.1, -0.05) is 12.1 Å². The minimum atomic E-state index is -0.353. The molecule has 3 N–H and O–H groups in total. The number of amidine groups is 1. The Bertz CT molecular complexity index is 232. The smallest absolute Gasteiger partial charge is 0.159 e. The summed E-state index contributed by atoms with van der Waals surface area (Å²) in [5.74, 6) is 0.285. The molecule has 5 heteroatoms. The van der Waals surface area contributed by atoms with Gasteiger partial charge in [0.25, 0.3) is 0 Å². The molecule has 0 saturated carbocycles. The van der Waals surface area contributed by atoms with Crippen LogP contribution >= 0.6 is 0 Å². The number of piperazine rings is 1. The SMILES string of the molecule is CCN1CCN(C(C)(C)C(N)=NO)CC1. The number of nitrogens with two attached hydrogens (primary N) is 1. The Hall–Kier alpha value is -0.810. The van der Waals surface area contributed by atoms with Crippen LogP contribution < -0.4 is 5.73 Å². The zero-order valence-electron chi connectivity index (χ0n) is 9.90. The lowest BCUT2D eigenvalue weighted by Crippen LogP contribution is -2.59. The van der Waals surface area contributed by atoms with Gasteiger partial charge in [0.2, 0.25) is 0 Å². The van der Waals surface area contributed by atoms with Crippen LogP contribution in [0.4, 0.5) is 0 Å². The van der Waals surface area contributed by atoms with Crippen molar-refractivity contribution >= 4 is 5.84 Å². The summed E-state index contributed by atoms with van der Waals surface area (Å²) in [7, 11) is 0. The van der Waals surface area contributed by atoms with E-state index in [4.69, 9.17) is 10.9 Å². The largest absolute Gasteiger partial charge is 0.409 e. The van der Waals surface area contributed by atoms with Gasteiger partial charge < -0.3 is 15.8 Å². The molecule has 1 aliphatic rings. The Morgan fingerprint density at radius 1 is 1.33 bits per heavy atom. The molecule has 88 valence electrons. The zero-order chi connectivity index (χ0) is 11.5. The third kappa shape index (κ3) is 2.60. The molecule has 0 aromatic carbocycles. The predicted molar refractivity (Wildman–Crippen MR) is 61.2 cm³/mol. The first kappa shape index (κ1) is 12.3. The van der Waals surface area contributed by atoms with E-state index in [0.29, 0.717) is 0 Å². The van der Waals surface area contributed by atoms with E-state index in [1.165, 1.54) is 0 Å². The summed E-state index contributed by atoms with van der Waals surface area (Å²) in [6, 6.07) is 0. The third-order valence-corrected chi connectivity index (χ3v) is 3.34. The second-order valence-corrected chi connectivity index (χ2v) is 4.47. The molecule has 1 heterocycles. The molecule has 0 radical (unpaired) electrons. The van der Waals surface area contributed by atoms with Crippen LogP contribution in [0.25, 0.3) is 0 Å². The third-order valence-electron chi connectivity index (χ3n) is 3.34. The minimum absolute atomic E-state index is 0.285. The van der Waals surface area contributed by atoms with E-state index in [9.17, 15) is 0 Å². The monoisotopic (exact) mass is 214 g/mol. The lowest BCUT2D eigenvalue weighted by molar-refractivity contribution is 0.0861. The van der Waals surface area contributed by atoms with Crippen LogP contribution in [0.15, 0.2) is 5.16 Å². The molecule has 1 saturated heterocycles. The molecule has 0 amide bonds. The highest BCUT2D eigenvalue weighted by Crippen LogP contribution is 2.16. The van der Waals surface area contributed by atoms with Crippen molar-refractivity contribution in [2.45, 2.75) is 26.3 Å². The van der Waals surface area contributed by atoms with E-state index < -0.39 is 0 Å². The average Bonchev–Trinajstić information content (AvgIpc) is 2.28. The molecule has 0 aromatic heterocycles. The molecule has 0 bridgehead atoms. The van der Waals surface area contributed by atoms with Crippen LogP contribution in [0, 0.1) is 0 Å². The first-order valence-electron chi connectivity index (χ1n) is 5.47. The predicted octanol–water partition coefficient (Wildman–Crippen LogP) is 0.149. The van der Waals surface area contributed by atoms with Gasteiger partial charge in [-0.3, -0.25) is 4.90 Å². The van der Waals surface area contributed by atoms with Crippen molar-refractivity contribution in [3.05, 3.63) is 0 Å². The van der Waals surface area contributed by atoms with Crippen LogP contribution in [0.1, 0.15) is 20.8 Å². The maximum Gasteiger partial charge on any atom is 0.159 e. The second kappa shape index (κ2) is 4.81. The molecule has 15 heavy (non-hydrogen) atoms. The number of hydrogen-bond acceptors (Lipinski definition) is 4. The molecule has 0 unspecified atom stereocenters. The van der Waals surface area contributed by atoms with E-state index in [0.717, 1.165) is 32.7 Å². The van der Waals surface area contributed by atoms with Gasteiger partial charge in [0.1, 0.15) is 0 Å². The molecule has 0 aliphatic carbocycles. The van der Waals surface area contributed by atoms with Crippen LogP contribution in [0.2, 0.25) is 0 Å². The number of nitrogens with zero attached hydrogens (tertiary/aromatic N) is 3. The van der Waals surface area contributed by atoms with Gasteiger partial charge in [-0.15, -0.1) is 0 Å². The van der Waals surface area contributed by atoms with Gasteiger partial charge >= 0.3 is 0 Å². The number of hydrogen-bond donors (Lipinski definition) is 2. The standard InChI is InChI=1S/C10H22N4O/c1-4-13-5-7-14(8-6-13)10(2,3)9(11)12-15/h15H,4-8H2,1-3H3,(H2,11,12). The molecule has 5 nitrogen and oxygen atoms in total. The van der Waals surface area contributed by atoms with E-state index >= 15 is 0 Å². The van der Waals surface area contributed by atoms with Crippen molar-refractivity contribution in [3.8, 4) is 0 Å². The number of oxime groups is 1. The normalized spacial score (nSPS) is 21.9. The zero-order valence-corrected chi connectivity index (χ0v) is 9.90. The summed E-state index contributed by atoms with van der Waals surface area (Å²) in [5, 5.41) is 11.8. The van der Waals surface area contributed by atoms with Gasteiger partial charge in [-0.25, -0.2) is 0 Å². The maximum absolute atomic E-state index is 8.73. The molecular formula is C10H22N4O. The van der Waals surface area contributed by atoms with Crippen LogP contribution in [0.3, 0.4) is 0 Å². The molecule has 1 fully saturated rings. The Morgan fingerprint density at radius 2 is 1.87 bits per heavy atom. The van der Waals surface area contributed by atoms with E-state index in [-0.39, 0.29) is 11.4 Å². The van der Waals surface area contributed by atoms with Crippen molar-refractivity contribution in [2.75, 3.05) is 32.7 Å². The summed E-state index contributed by atoms with van der Waals surface area (Å²) in [4.78, 5) is 4.66. The highest BCUT2D eigenvalue weighted by atomic mass is 16.4. The van der Waals surface area contributed by atoms with Crippen molar-refractivity contribution < 1.29 is 5.21 Å². The van der Waals surface area contributed by atoms with Crippen molar-refractivity contribution in [3.63, 3.8) is 0 Å². The Balaban J connectivity index is 2.59. The maximum atomic E-state index is 8.73. The Kier molecular flexibility index (Phi) is 3.93. The molecule has 0 atom stereocenters. The molecule has 1 rings (SSSR count). The molecular weight excluding hydrogens is 192 g/mol. The van der Waals surface area contributed by atoms with Gasteiger partial charge in [0.15, 0.2) is 5.84 Å². The topological polar surface area (TPSA) is 65.1 Å². The molecule has 0 spiro atoms. The summed E-state index contributed by atoms with van der Waals surface area (Å²) in [5.41, 5.74) is 5.34. The van der Waals surface area contributed by atoms with Crippen LogP contribution in [-0.2, 0) is 0 Å².